The Hall–Kier alpha value is -1.84. The first-order valence-corrected chi connectivity index (χ1v) is 7.58. The fourth-order valence-corrected chi connectivity index (χ4v) is 3.05. The summed E-state index contributed by atoms with van der Waals surface area (Å²) in [5.41, 5.74) is 0.881. The number of sulfonamides is 1. The van der Waals surface area contributed by atoms with Crippen LogP contribution in [0.2, 0.25) is 0 Å². The molecule has 0 fully saturated rings. The topological polar surface area (TPSA) is 70.0 Å². The Morgan fingerprint density at radius 3 is 2.26 bits per heavy atom. The molecule has 0 amide bonds. The van der Waals surface area contributed by atoms with Gasteiger partial charge in [0.15, 0.2) is 0 Å². The lowest BCUT2D eigenvalue weighted by Crippen LogP contribution is -2.13. The second-order valence-electron chi connectivity index (χ2n) is 3.72. The van der Waals surface area contributed by atoms with Crippen molar-refractivity contribution in [1.82, 2.24) is 0 Å². The zero-order chi connectivity index (χ0) is 13.9. The molecule has 0 aromatic heterocycles. The van der Waals surface area contributed by atoms with E-state index in [-0.39, 0.29) is 4.90 Å². The Kier molecular flexibility index (Phi) is 3.88. The van der Waals surface area contributed by atoms with Crippen molar-refractivity contribution in [3.63, 3.8) is 0 Å². The normalized spacial score (nSPS) is 10.7. The zero-order valence-corrected chi connectivity index (χ0v) is 12.1. The van der Waals surface area contributed by atoms with E-state index in [1.807, 2.05) is 6.07 Å². The van der Waals surface area contributed by atoms with Gasteiger partial charge in [0.1, 0.15) is 0 Å². The maximum Gasteiger partial charge on any atom is 0.261 e. The van der Waals surface area contributed by atoms with Gasteiger partial charge < -0.3 is 0 Å². The molecule has 0 heterocycles. The van der Waals surface area contributed by atoms with Crippen LogP contribution in [-0.2, 0) is 10.0 Å². The van der Waals surface area contributed by atoms with Gasteiger partial charge in [-0.2, -0.15) is 5.26 Å². The van der Waals surface area contributed by atoms with Gasteiger partial charge in [-0.1, -0.05) is 12.1 Å². The molecule has 0 aliphatic carbocycles. The Bertz CT molecular complexity index is 734. The van der Waals surface area contributed by atoms with Crippen LogP contribution in [0.4, 0.5) is 5.69 Å². The molecule has 96 valence electrons. The highest BCUT2D eigenvalue weighted by Gasteiger charge is 2.15. The number of benzene rings is 2. The fourth-order valence-electron chi connectivity index (χ4n) is 1.46. The van der Waals surface area contributed by atoms with Crippen molar-refractivity contribution in [3.8, 4) is 6.07 Å². The van der Waals surface area contributed by atoms with E-state index in [4.69, 9.17) is 5.26 Å². The van der Waals surface area contributed by atoms with Gasteiger partial charge in [0, 0.05) is 4.47 Å². The van der Waals surface area contributed by atoms with Gasteiger partial charge in [-0.3, -0.25) is 4.72 Å². The average Bonchev–Trinajstić information content (AvgIpc) is 2.41. The third-order valence-corrected chi connectivity index (χ3v) is 4.48. The first-order valence-electron chi connectivity index (χ1n) is 5.30. The third kappa shape index (κ3) is 3.13. The minimum atomic E-state index is -3.65. The van der Waals surface area contributed by atoms with Crippen molar-refractivity contribution in [2.75, 3.05) is 4.72 Å². The number of hydrogen-bond acceptors (Lipinski definition) is 3. The summed E-state index contributed by atoms with van der Waals surface area (Å²) >= 11 is 3.27. The predicted molar refractivity (Wildman–Crippen MR) is 76.1 cm³/mol. The minimum Gasteiger partial charge on any atom is -0.278 e. The van der Waals surface area contributed by atoms with E-state index in [1.54, 1.807) is 24.3 Å². The van der Waals surface area contributed by atoms with Crippen LogP contribution in [0.3, 0.4) is 0 Å². The third-order valence-electron chi connectivity index (χ3n) is 2.41. The molecular formula is C13H9BrN2O2S. The summed E-state index contributed by atoms with van der Waals surface area (Å²) in [6.07, 6.45) is 0. The first kappa shape index (κ1) is 13.6. The smallest absolute Gasteiger partial charge is 0.261 e. The van der Waals surface area contributed by atoms with Crippen molar-refractivity contribution in [1.29, 1.82) is 5.26 Å². The molecule has 0 saturated carbocycles. The number of anilines is 1. The molecule has 2 rings (SSSR count). The van der Waals surface area contributed by atoms with Crippen molar-refractivity contribution in [2.24, 2.45) is 0 Å². The van der Waals surface area contributed by atoms with Crippen molar-refractivity contribution in [2.45, 2.75) is 4.90 Å². The molecule has 1 N–H and O–H groups in total. The van der Waals surface area contributed by atoms with E-state index in [1.165, 1.54) is 24.3 Å². The number of hydrogen-bond donors (Lipinski definition) is 1. The molecular weight excluding hydrogens is 328 g/mol. The lowest BCUT2D eigenvalue weighted by atomic mass is 10.2. The number of rotatable bonds is 3. The highest BCUT2D eigenvalue weighted by molar-refractivity contribution is 9.10. The van der Waals surface area contributed by atoms with E-state index in [0.717, 1.165) is 0 Å². The molecule has 4 nitrogen and oxygen atoms in total. The van der Waals surface area contributed by atoms with Crippen LogP contribution in [0.5, 0.6) is 0 Å². The lowest BCUT2D eigenvalue weighted by Gasteiger charge is -2.09. The molecule has 0 spiro atoms. The van der Waals surface area contributed by atoms with Crippen molar-refractivity contribution >= 4 is 31.6 Å². The van der Waals surface area contributed by atoms with E-state index >= 15 is 0 Å². The number of nitriles is 1. The summed E-state index contributed by atoms with van der Waals surface area (Å²) in [5, 5.41) is 8.68. The van der Waals surface area contributed by atoms with Crippen LogP contribution in [0.15, 0.2) is 57.9 Å². The van der Waals surface area contributed by atoms with E-state index in [9.17, 15) is 8.42 Å². The lowest BCUT2D eigenvalue weighted by molar-refractivity contribution is 0.601. The van der Waals surface area contributed by atoms with Crippen LogP contribution in [0.1, 0.15) is 5.56 Å². The van der Waals surface area contributed by atoms with Gasteiger partial charge in [-0.05, 0) is 52.3 Å². The highest BCUT2D eigenvalue weighted by atomic mass is 79.9. The van der Waals surface area contributed by atoms with Crippen LogP contribution in [0, 0.1) is 11.3 Å². The molecule has 0 unspecified atom stereocenters. The van der Waals surface area contributed by atoms with Gasteiger partial charge in [0.25, 0.3) is 10.0 Å². The number of nitrogens with zero attached hydrogens (tertiary/aromatic N) is 1. The first-order chi connectivity index (χ1) is 9.03. The predicted octanol–water partition coefficient (Wildman–Crippen LogP) is 3.12. The number of halogens is 1. The number of nitrogens with one attached hydrogen (secondary N) is 1. The quantitative estimate of drug-likeness (QED) is 0.935. The SMILES string of the molecule is N#Cc1ccc(S(=O)(=O)Nc2ccccc2Br)cc1. The van der Waals surface area contributed by atoms with Gasteiger partial charge >= 0.3 is 0 Å². The Morgan fingerprint density at radius 2 is 1.68 bits per heavy atom. The fraction of sp³-hybridized carbons (Fsp3) is 0. The van der Waals surface area contributed by atoms with E-state index in [0.29, 0.717) is 15.7 Å². The van der Waals surface area contributed by atoms with Crippen molar-refractivity contribution < 1.29 is 8.42 Å². The maximum absolute atomic E-state index is 12.1. The van der Waals surface area contributed by atoms with Crippen LogP contribution >= 0.6 is 15.9 Å². The molecule has 0 aliphatic rings. The Labute approximate surface area is 119 Å². The second kappa shape index (κ2) is 5.43. The standard InChI is InChI=1S/C13H9BrN2O2S/c14-12-3-1-2-4-13(12)16-19(17,18)11-7-5-10(9-15)6-8-11/h1-8,16H. The van der Waals surface area contributed by atoms with E-state index in [2.05, 4.69) is 20.7 Å². The highest BCUT2D eigenvalue weighted by Crippen LogP contribution is 2.24. The van der Waals surface area contributed by atoms with Gasteiger partial charge in [-0.15, -0.1) is 0 Å². The van der Waals surface area contributed by atoms with Gasteiger partial charge in [0.05, 0.1) is 22.2 Å². The summed E-state index contributed by atoms with van der Waals surface area (Å²) in [6, 6.07) is 14.6. The molecule has 0 radical (unpaired) electrons. The molecule has 0 atom stereocenters. The zero-order valence-electron chi connectivity index (χ0n) is 9.67. The minimum absolute atomic E-state index is 0.113. The molecule has 0 aliphatic heterocycles. The van der Waals surface area contributed by atoms with Crippen LogP contribution < -0.4 is 4.72 Å². The molecule has 2 aromatic rings. The van der Waals surface area contributed by atoms with Crippen molar-refractivity contribution in [3.05, 3.63) is 58.6 Å². The summed E-state index contributed by atoms with van der Waals surface area (Å²) in [7, 11) is -3.65. The largest absolute Gasteiger partial charge is 0.278 e. The summed E-state index contributed by atoms with van der Waals surface area (Å²) in [4.78, 5) is 0.113. The number of para-hydroxylation sites is 1. The maximum atomic E-state index is 12.1. The second-order valence-corrected chi connectivity index (χ2v) is 6.26. The van der Waals surface area contributed by atoms with Crippen LogP contribution in [-0.4, -0.2) is 8.42 Å². The molecule has 0 saturated heterocycles. The summed E-state index contributed by atoms with van der Waals surface area (Å²) < 4.78 is 27.4. The van der Waals surface area contributed by atoms with E-state index < -0.39 is 10.0 Å². The average molecular weight is 337 g/mol. The van der Waals surface area contributed by atoms with Crippen LogP contribution in [0.25, 0.3) is 0 Å². The Balaban J connectivity index is 2.33. The van der Waals surface area contributed by atoms with Gasteiger partial charge in [0.2, 0.25) is 0 Å². The monoisotopic (exact) mass is 336 g/mol. The molecule has 19 heavy (non-hydrogen) atoms. The molecule has 2 aromatic carbocycles. The summed E-state index contributed by atoms with van der Waals surface area (Å²) in [6.45, 7) is 0. The summed E-state index contributed by atoms with van der Waals surface area (Å²) in [5.74, 6) is 0. The molecule has 6 heteroatoms. The van der Waals surface area contributed by atoms with Gasteiger partial charge in [-0.25, -0.2) is 8.42 Å². The Morgan fingerprint density at radius 1 is 1.05 bits per heavy atom. The molecule has 0 bridgehead atoms.